The SMILES string of the molecule is c1ccc(-c2ccc(-c3ccc(-c4nc(-c5cccc(C6(c7ccccc7)c7ccccc7-c7ccccc76)c5)nc(-c5ccc6c(c5)oc5ccc(-c7ccccc7)cc56)n4)cc3)cc2)cc1. The smallest absolute Gasteiger partial charge is 0.164 e. The maximum Gasteiger partial charge on any atom is 0.164 e. The van der Waals surface area contributed by atoms with Crippen molar-refractivity contribution in [3.63, 3.8) is 0 Å². The highest BCUT2D eigenvalue weighted by molar-refractivity contribution is 6.07. The molecular weight excluding hydrogens is 827 g/mol. The number of fused-ring (bicyclic) bond motifs is 6. The molecule has 0 N–H and O–H groups in total. The number of hydrogen-bond donors (Lipinski definition) is 0. The van der Waals surface area contributed by atoms with Crippen LogP contribution < -0.4 is 0 Å². The maximum absolute atomic E-state index is 6.53. The number of nitrogens with zero attached hydrogens (tertiary/aromatic N) is 3. The van der Waals surface area contributed by atoms with Crippen LogP contribution in [0.3, 0.4) is 0 Å². The first-order chi connectivity index (χ1) is 33.7. The van der Waals surface area contributed by atoms with Crippen LogP contribution in [0.25, 0.3) is 101 Å². The molecule has 12 aromatic rings. The van der Waals surface area contributed by atoms with E-state index >= 15 is 0 Å². The molecule has 1 aliphatic carbocycles. The van der Waals surface area contributed by atoms with Crippen molar-refractivity contribution in [1.82, 2.24) is 15.0 Å². The highest BCUT2D eigenvalue weighted by Gasteiger charge is 2.46. The lowest BCUT2D eigenvalue weighted by atomic mass is 9.67. The van der Waals surface area contributed by atoms with Crippen LogP contribution in [0.4, 0.5) is 0 Å². The fourth-order valence-corrected chi connectivity index (χ4v) is 10.4. The summed E-state index contributed by atoms with van der Waals surface area (Å²) in [6.07, 6.45) is 0. The summed E-state index contributed by atoms with van der Waals surface area (Å²) in [4.78, 5) is 15.8. The predicted octanol–water partition coefficient (Wildman–Crippen LogP) is 16.1. The normalized spacial score (nSPS) is 12.5. The van der Waals surface area contributed by atoms with Crippen molar-refractivity contribution in [3.8, 4) is 78.7 Å². The number of hydrogen-bond acceptors (Lipinski definition) is 4. The second-order valence-electron chi connectivity index (χ2n) is 17.5. The van der Waals surface area contributed by atoms with Gasteiger partial charge in [-0.15, -0.1) is 0 Å². The Hall–Kier alpha value is -8.99. The minimum absolute atomic E-state index is 0.565. The second-order valence-corrected chi connectivity index (χ2v) is 17.5. The molecule has 68 heavy (non-hydrogen) atoms. The molecule has 10 aromatic carbocycles. The summed E-state index contributed by atoms with van der Waals surface area (Å²) in [5.41, 5.74) is 18.0. The van der Waals surface area contributed by atoms with Gasteiger partial charge in [0.15, 0.2) is 17.5 Å². The highest BCUT2D eigenvalue weighted by Crippen LogP contribution is 2.56. The first-order valence-corrected chi connectivity index (χ1v) is 23.1. The van der Waals surface area contributed by atoms with Gasteiger partial charge in [-0.25, -0.2) is 15.0 Å². The molecule has 0 atom stereocenters. The summed E-state index contributed by atoms with van der Waals surface area (Å²) in [5, 5.41) is 2.11. The van der Waals surface area contributed by atoms with Crippen LogP contribution in [-0.2, 0) is 5.41 Å². The van der Waals surface area contributed by atoms with E-state index in [-0.39, 0.29) is 0 Å². The van der Waals surface area contributed by atoms with Gasteiger partial charge in [0.2, 0.25) is 0 Å². The van der Waals surface area contributed by atoms with Crippen LogP contribution in [-0.4, -0.2) is 15.0 Å². The lowest BCUT2D eigenvalue weighted by Gasteiger charge is -2.34. The topological polar surface area (TPSA) is 51.8 Å². The molecule has 0 unspecified atom stereocenters. The highest BCUT2D eigenvalue weighted by atomic mass is 16.3. The van der Waals surface area contributed by atoms with Crippen molar-refractivity contribution in [1.29, 1.82) is 0 Å². The average Bonchev–Trinajstić information content (AvgIpc) is 3.95. The van der Waals surface area contributed by atoms with E-state index in [9.17, 15) is 0 Å². The van der Waals surface area contributed by atoms with E-state index < -0.39 is 5.41 Å². The zero-order valence-electron chi connectivity index (χ0n) is 36.9. The predicted molar refractivity (Wildman–Crippen MR) is 277 cm³/mol. The van der Waals surface area contributed by atoms with Crippen LogP contribution >= 0.6 is 0 Å². The fourth-order valence-electron chi connectivity index (χ4n) is 10.4. The van der Waals surface area contributed by atoms with E-state index in [2.05, 4.69) is 237 Å². The van der Waals surface area contributed by atoms with E-state index in [1.807, 2.05) is 12.1 Å². The first kappa shape index (κ1) is 39.4. The molecule has 0 saturated carbocycles. The summed E-state index contributed by atoms with van der Waals surface area (Å²) < 4.78 is 6.53. The average molecular weight is 868 g/mol. The molecule has 2 aromatic heterocycles. The van der Waals surface area contributed by atoms with E-state index in [0.717, 1.165) is 60.9 Å². The molecule has 0 amide bonds. The van der Waals surface area contributed by atoms with Crippen molar-refractivity contribution in [2.24, 2.45) is 0 Å². The maximum atomic E-state index is 6.53. The lowest BCUT2D eigenvalue weighted by Crippen LogP contribution is -2.28. The van der Waals surface area contributed by atoms with Gasteiger partial charge in [0.1, 0.15) is 11.2 Å². The molecule has 0 radical (unpaired) electrons. The van der Waals surface area contributed by atoms with E-state index in [1.165, 1.54) is 44.5 Å². The zero-order chi connectivity index (χ0) is 45.0. The van der Waals surface area contributed by atoms with E-state index in [4.69, 9.17) is 19.4 Å². The standard InChI is InChI=1S/C64H41N3O/c1-4-15-42(16-5-1)44-27-29-45(30-28-44)46-31-33-47(34-32-46)61-65-62(67-63(66-61)50-35-37-55-56-40-48(43-17-6-2-7-18-43)36-38-59(56)68-60(55)41-50)49-19-14-22-52(39-49)64(51-20-8-3-9-21-51)57-25-12-10-23-53(57)54-24-11-13-26-58(54)64/h1-41H. The van der Waals surface area contributed by atoms with Crippen LogP contribution in [0, 0.1) is 0 Å². The van der Waals surface area contributed by atoms with Crippen LogP contribution in [0.5, 0.6) is 0 Å². The molecule has 13 rings (SSSR count). The van der Waals surface area contributed by atoms with Crippen LogP contribution in [0.1, 0.15) is 22.3 Å². The van der Waals surface area contributed by atoms with E-state index in [1.54, 1.807) is 0 Å². The summed E-state index contributed by atoms with van der Waals surface area (Å²) in [5.74, 6) is 1.75. The minimum atomic E-state index is -0.565. The van der Waals surface area contributed by atoms with E-state index in [0.29, 0.717) is 17.5 Å². The molecule has 4 heteroatoms. The monoisotopic (exact) mass is 867 g/mol. The van der Waals surface area contributed by atoms with Gasteiger partial charge in [-0.3, -0.25) is 0 Å². The van der Waals surface area contributed by atoms with Crippen molar-refractivity contribution >= 4 is 21.9 Å². The van der Waals surface area contributed by atoms with Gasteiger partial charge in [-0.2, -0.15) is 0 Å². The Balaban J connectivity index is 0.951. The van der Waals surface area contributed by atoms with Crippen LogP contribution in [0.15, 0.2) is 253 Å². The van der Waals surface area contributed by atoms with Crippen molar-refractivity contribution < 1.29 is 4.42 Å². The molecule has 0 aliphatic heterocycles. The van der Waals surface area contributed by atoms with Gasteiger partial charge < -0.3 is 4.42 Å². The Labute approximate surface area is 394 Å². The Kier molecular flexibility index (Phi) is 9.36. The number of aromatic nitrogens is 3. The molecule has 0 bridgehead atoms. The lowest BCUT2D eigenvalue weighted by molar-refractivity contribution is 0.669. The molecule has 0 saturated heterocycles. The fraction of sp³-hybridized carbons (Fsp3) is 0.0156. The third-order valence-corrected chi connectivity index (χ3v) is 13.7. The molecule has 4 nitrogen and oxygen atoms in total. The first-order valence-electron chi connectivity index (χ1n) is 23.1. The van der Waals surface area contributed by atoms with Crippen molar-refractivity contribution in [2.75, 3.05) is 0 Å². The molecule has 0 spiro atoms. The summed E-state index contributed by atoms with van der Waals surface area (Å²) in [6.45, 7) is 0. The quantitative estimate of drug-likeness (QED) is 0.153. The van der Waals surface area contributed by atoms with Gasteiger partial charge in [0.25, 0.3) is 0 Å². The molecule has 2 heterocycles. The molecule has 1 aliphatic rings. The number of benzene rings is 10. The Morgan fingerprint density at radius 1 is 0.265 bits per heavy atom. The molecular formula is C64H41N3O. The number of furan rings is 1. The van der Waals surface area contributed by atoms with Crippen LogP contribution in [0.2, 0.25) is 0 Å². The van der Waals surface area contributed by atoms with Gasteiger partial charge in [0.05, 0.1) is 5.41 Å². The second kappa shape index (κ2) is 16.2. The minimum Gasteiger partial charge on any atom is -0.456 e. The van der Waals surface area contributed by atoms with Crippen molar-refractivity contribution in [3.05, 3.63) is 271 Å². The van der Waals surface area contributed by atoms with Crippen molar-refractivity contribution in [2.45, 2.75) is 5.41 Å². The summed E-state index contributed by atoms with van der Waals surface area (Å²) in [6, 6.07) is 88.2. The summed E-state index contributed by atoms with van der Waals surface area (Å²) >= 11 is 0. The Bertz CT molecular complexity index is 3780. The van der Waals surface area contributed by atoms with Gasteiger partial charge in [-0.1, -0.05) is 218 Å². The summed E-state index contributed by atoms with van der Waals surface area (Å²) in [7, 11) is 0. The third kappa shape index (κ3) is 6.57. The molecule has 318 valence electrons. The largest absolute Gasteiger partial charge is 0.456 e. The Morgan fingerprint density at radius 2 is 0.691 bits per heavy atom. The van der Waals surface area contributed by atoms with Gasteiger partial charge >= 0.3 is 0 Å². The molecule has 0 fully saturated rings. The third-order valence-electron chi connectivity index (χ3n) is 13.7. The number of rotatable bonds is 8. The van der Waals surface area contributed by atoms with Gasteiger partial charge in [-0.05, 0) is 97.1 Å². The van der Waals surface area contributed by atoms with Gasteiger partial charge in [0, 0.05) is 27.5 Å². The Morgan fingerprint density at radius 3 is 1.29 bits per heavy atom. The zero-order valence-corrected chi connectivity index (χ0v) is 36.9.